The third kappa shape index (κ3) is 10.3. The summed E-state index contributed by atoms with van der Waals surface area (Å²) < 4.78 is 10.8. The standard InChI is InChI=1S/C26H38N4O8S2/c1-25(2,3)38-21(33)8-7-17-22(34)29-18-15-40-39-13-5-4-6-16(14-19(31)28-17)37-20(32)9-12-27-24(36)26(10-11-26)30-23(18)35/h4,6,16-18H,5,7-15H2,1-3H3,(H,27,36)(H,28,31)(H,29,34)(H,30,35)/b6-4+/t16-,17-,18-/m1/s1. The van der Waals surface area contributed by atoms with Gasteiger partial charge < -0.3 is 30.7 Å². The van der Waals surface area contributed by atoms with Crippen molar-refractivity contribution in [2.75, 3.05) is 18.1 Å². The van der Waals surface area contributed by atoms with Gasteiger partial charge in [-0.25, -0.2) is 0 Å². The van der Waals surface area contributed by atoms with Crippen LogP contribution in [0.4, 0.5) is 0 Å². The minimum atomic E-state index is -1.16. The van der Waals surface area contributed by atoms with Crippen LogP contribution in [-0.2, 0) is 38.2 Å². The maximum absolute atomic E-state index is 13.4. The van der Waals surface area contributed by atoms with Crippen LogP contribution in [0.3, 0.4) is 0 Å². The topological polar surface area (TPSA) is 169 Å². The number of fused-ring (bicyclic) bond motifs is 7. The summed E-state index contributed by atoms with van der Waals surface area (Å²) in [5.74, 6) is -2.40. The predicted molar refractivity (Wildman–Crippen MR) is 150 cm³/mol. The highest BCUT2D eigenvalue weighted by Crippen LogP contribution is 2.36. The van der Waals surface area contributed by atoms with Crippen molar-refractivity contribution in [3.63, 3.8) is 0 Å². The Morgan fingerprint density at radius 1 is 1.10 bits per heavy atom. The Morgan fingerprint density at radius 3 is 2.55 bits per heavy atom. The molecule has 2 fully saturated rings. The largest absolute Gasteiger partial charge is 0.460 e. The molecule has 3 rings (SSSR count). The van der Waals surface area contributed by atoms with Crippen molar-refractivity contribution in [3.8, 4) is 0 Å². The monoisotopic (exact) mass is 598 g/mol. The molecule has 0 radical (unpaired) electrons. The van der Waals surface area contributed by atoms with Crippen molar-refractivity contribution in [2.24, 2.45) is 0 Å². The Hall–Kier alpha value is -2.74. The molecule has 1 spiro atoms. The summed E-state index contributed by atoms with van der Waals surface area (Å²) in [4.78, 5) is 77.4. The zero-order chi connectivity index (χ0) is 29.3. The number of esters is 2. The minimum absolute atomic E-state index is 0.0112. The summed E-state index contributed by atoms with van der Waals surface area (Å²) in [6.45, 7) is 5.18. The fraction of sp³-hybridized carbons (Fsp3) is 0.692. The van der Waals surface area contributed by atoms with E-state index >= 15 is 0 Å². The zero-order valence-corrected chi connectivity index (χ0v) is 24.7. The number of allylic oxidation sites excluding steroid dienone is 1. The summed E-state index contributed by atoms with van der Waals surface area (Å²) in [7, 11) is 2.89. The summed E-state index contributed by atoms with van der Waals surface area (Å²) in [6, 6.07) is -2.16. The van der Waals surface area contributed by atoms with Crippen molar-refractivity contribution in [1.29, 1.82) is 0 Å². The molecule has 12 nitrogen and oxygen atoms in total. The lowest BCUT2D eigenvalue weighted by atomic mass is 10.1. The maximum Gasteiger partial charge on any atom is 0.308 e. The van der Waals surface area contributed by atoms with Crippen LogP contribution in [-0.4, -0.2) is 82.9 Å². The molecule has 1 saturated heterocycles. The number of hydrogen-bond donors (Lipinski definition) is 4. The Bertz CT molecular complexity index is 1020. The van der Waals surface area contributed by atoms with Gasteiger partial charge in [0.2, 0.25) is 23.6 Å². The van der Waals surface area contributed by atoms with E-state index in [0.29, 0.717) is 25.0 Å². The molecule has 3 aliphatic rings. The first kappa shape index (κ1) is 31.8. The van der Waals surface area contributed by atoms with E-state index in [0.717, 1.165) is 0 Å². The van der Waals surface area contributed by atoms with Gasteiger partial charge in [0.15, 0.2) is 0 Å². The van der Waals surface area contributed by atoms with Gasteiger partial charge in [0.1, 0.15) is 29.3 Å². The molecular weight excluding hydrogens is 560 g/mol. The van der Waals surface area contributed by atoms with Crippen LogP contribution in [0.25, 0.3) is 0 Å². The number of nitrogens with one attached hydrogen (secondary N) is 4. The molecule has 4 N–H and O–H groups in total. The van der Waals surface area contributed by atoms with Crippen LogP contribution in [0, 0.1) is 0 Å². The molecule has 0 aromatic rings. The van der Waals surface area contributed by atoms with E-state index in [-0.39, 0.29) is 38.0 Å². The average molecular weight is 599 g/mol. The van der Waals surface area contributed by atoms with E-state index in [2.05, 4.69) is 21.3 Å². The van der Waals surface area contributed by atoms with E-state index in [1.165, 1.54) is 21.6 Å². The Kier molecular flexibility index (Phi) is 11.3. The highest BCUT2D eigenvalue weighted by Gasteiger charge is 2.51. The van der Waals surface area contributed by atoms with E-state index < -0.39 is 64.9 Å². The molecule has 2 bridgehead atoms. The highest BCUT2D eigenvalue weighted by atomic mass is 33.1. The molecule has 4 amide bonds. The molecule has 222 valence electrons. The normalized spacial score (nSPS) is 27.6. The van der Waals surface area contributed by atoms with Crippen LogP contribution >= 0.6 is 21.6 Å². The third-order valence-electron chi connectivity index (χ3n) is 6.21. The average Bonchev–Trinajstić information content (AvgIpc) is 3.63. The lowest BCUT2D eigenvalue weighted by Crippen LogP contribution is -2.58. The number of ether oxygens (including phenoxy) is 2. The van der Waals surface area contributed by atoms with E-state index in [4.69, 9.17) is 9.47 Å². The van der Waals surface area contributed by atoms with Crippen LogP contribution in [0.1, 0.15) is 65.7 Å². The first-order valence-electron chi connectivity index (χ1n) is 13.4. The molecule has 1 saturated carbocycles. The molecule has 14 heteroatoms. The number of carbonyl (C=O) groups is 6. The smallest absolute Gasteiger partial charge is 0.308 e. The molecular formula is C26H38N4O8S2. The van der Waals surface area contributed by atoms with Crippen LogP contribution in [0.5, 0.6) is 0 Å². The van der Waals surface area contributed by atoms with Crippen molar-refractivity contribution in [1.82, 2.24) is 21.3 Å². The first-order valence-corrected chi connectivity index (χ1v) is 15.9. The SMILES string of the molecule is CC(C)(C)OC(=O)CC[C@H]1NC(=O)C[C@H]2/C=C/CCSSC[C@@H](NC1=O)C(=O)NC1(CC1)C(=O)NCCC(=O)O2. The summed E-state index contributed by atoms with van der Waals surface area (Å²) in [6.07, 6.45) is 3.46. The Morgan fingerprint density at radius 2 is 1.85 bits per heavy atom. The van der Waals surface area contributed by atoms with E-state index in [9.17, 15) is 28.8 Å². The van der Waals surface area contributed by atoms with Gasteiger partial charge in [0.05, 0.1) is 12.8 Å². The van der Waals surface area contributed by atoms with Crippen molar-refractivity contribution < 1.29 is 38.2 Å². The fourth-order valence-corrected chi connectivity index (χ4v) is 6.19. The number of rotatable bonds is 3. The third-order valence-corrected chi connectivity index (χ3v) is 8.66. The lowest BCUT2D eigenvalue weighted by Gasteiger charge is -2.25. The second-order valence-electron chi connectivity index (χ2n) is 10.9. The predicted octanol–water partition coefficient (Wildman–Crippen LogP) is 0.890. The second-order valence-corrected chi connectivity index (χ2v) is 13.6. The van der Waals surface area contributed by atoms with Gasteiger partial charge in [-0.15, -0.1) is 0 Å². The van der Waals surface area contributed by atoms with Gasteiger partial charge in [-0.3, -0.25) is 28.8 Å². The molecule has 2 heterocycles. The van der Waals surface area contributed by atoms with Gasteiger partial charge in [-0.2, -0.15) is 0 Å². The molecule has 0 aromatic heterocycles. The van der Waals surface area contributed by atoms with Gasteiger partial charge in [-0.1, -0.05) is 27.7 Å². The summed E-state index contributed by atoms with van der Waals surface area (Å²) >= 11 is 0. The Labute approximate surface area is 241 Å². The quantitative estimate of drug-likeness (QED) is 0.208. The number of amides is 4. The number of carbonyl (C=O) groups excluding carboxylic acids is 6. The summed E-state index contributed by atoms with van der Waals surface area (Å²) in [5.41, 5.74) is -1.82. The number of hydrogen-bond acceptors (Lipinski definition) is 10. The fourth-order valence-electron chi connectivity index (χ4n) is 4.03. The molecule has 1 aliphatic carbocycles. The molecule has 3 atom stereocenters. The van der Waals surface area contributed by atoms with Crippen molar-refractivity contribution in [2.45, 2.75) is 95.0 Å². The minimum Gasteiger partial charge on any atom is -0.460 e. The first-order chi connectivity index (χ1) is 18.9. The van der Waals surface area contributed by atoms with E-state index in [1.807, 2.05) is 6.08 Å². The zero-order valence-electron chi connectivity index (χ0n) is 23.0. The van der Waals surface area contributed by atoms with Gasteiger partial charge in [-0.05, 0) is 52.5 Å². The maximum atomic E-state index is 13.4. The molecule has 40 heavy (non-hydrogen) atoms. The van der Waals surface area contributed by atoms with Crippen LogP contribution in [0.2, 0.25) is 0 Å². The van der Waals surface area contributed by atoms with Crippen LogP contribution in [0.15, 0.2) is 12.2 Å². The van der Waals surface area contributed by atoms with Crippen molar-refractivity contribution >= 4 is 57.2 Å². The molecule has 0 unspecified atom stereocenters. The lowest BCUT2D eigenvalue weighted by molar-refractivity contribution is -0.155. The van der Waals surface area contributed by atoms with Gasteiger partial charge in [0, 0.05) is 24.5 Å². The van der Waals surface area contributed by atoms with E-state index in [1.54, 1.807) is 26.8 Å². The Balaban J connectivity index is 1.89. The molecule has 0 aromatic carbocycles. The molecule has 2 aliphatic heterocycles. The summed E-state index contributed by atoms with van der Waals surface area (Å²) in [5, 5.41) is 10.8. The highest BCUT2D eigenvalue weighted by molar-refractivity contribution is 8.76. The second kappa shape index (κ2) is 14.2. The van der Waals surface area contributed by atoms with Gasteiger partial charge in [0.25, 0.3) is 0 Å². The van der Waals surface area contributed by atoms with Gasteiger partial charge >= 0.3 is 11.9 Å². The van der Waals surface area contributed by atoms with Crippen molar-refractivity contribution in [3.05, 3.63) is 12.2 Å². The van der Waals surface area contributed by atoms with Crippen LogP contribution < -0.4 is 21.3 Å².